The monoisotopic (exact) mass is 292 g/mol. The fourth-order valence-electron chi connectivity index (χ4n) is 1.87. The van der Waals surface area contributed by atoms with Gasteiger partial charge in [-0.2, -0.15) is 0 Å². The van der Waals surface area contributed by atoms with Crippen LogP contribution in [0.4, 0.5) is 10.3 Å². The van der Waals surface area contributed by atoms with E-state index in [0.29, 0.717) is 28.3 Å². The van der Waals surface area contributed by atoms with Crippen molar-refractivity contribution in [3.63, 3.8) is 0 Å². The Bertz CT molecular complexity index is 581. The third-order valence-electron chi connectivity index (χ3n) is 2.72. The van der Waals surface area contributed by atoms with Gasteiger partial charge in [-0.15, -0.1) is 5.23 Å². The molecule has 0 atom stereocenters. The maximum Gasteiger partial charge on any atom is 0.471 e. The number of aryl methyl sites for hydroxylation is 1. The first-order valence-electron chi connectivity index (χ1n) is 5.36. The van der Waals surface area contributed by atoms with E-state index in [4.69, 9.17) is 9.79 Å². The quantitative estimate of drug-likeness (QED) is 0.638. The molecule has 0 fully saturated rings. The number of hydrogen-bond acceptors (Lipinski definition) is 5. The van der Waals surface area contributed by atoms with E-state index in [1.165, 1.54) is 22.7 Å². The van der Waals surface area contributed by atoms with E-state index in [1.807, 2.05) is 0 Å². The number of hydrazine groups is 1. The van der Waals surface area contributed by atoms with Crippen molar-refractivity contribution >= 4 is 19.7 Å². The van der Waals surface area contributed by atoms with Crippen LogP contribution in [0.15, 0.2) is 5.70 Å². The normalized spacial score (nSPS) is 15.6. The molecule has 19 heavy (non-hydrogen) atoms. The molecule has 2 rings (SSSR count). The lowest BCUT2D eigenvalue weighted by Crippen LogP contribution is -2.36. The van der Waals surface area contributed by atoms with E-state index in [1.54, 1.807) is 13.8 Å². The number of imidazole rings is 1. The van der Waals surface area contributed by atoms with Crippen LogP contribution in [-0.4, -0.2) is 31.6 Å². The van der Waals surface area contributed by atoms with Gasteiger partial charge in [0.2, 0.25) is 0 Å². The predicted molar refractivity (Wildman–Crippen MR) is 65.1 cm³/mol. The Morgan fingerprint density at radius 1 is 1.47 bits per heavy atom. The first-order valence-corrected chi connectivity index (χ1v) is 6.89. The number of allylic oxidation sites excluding steroid dienone is 1. The van der Waals surface area contributed by atoms with E-state index < -0.39 is 14.6 Å². The standard InChI is InChI=1S/C9H14FN4O4P/c1-6-4-8-9(12(3)14(6)10)13(7(2)11-8)5-18-19(15,16)17/h4H,5H2,1-3H3,(H2,15,16,17). The van der Waals surface area contributed by atoms with Crippen molar-refractivity contribution < 1.29 is 23.4 Å². The summed E-state index contributed by atoms with van der Waals surface area (Å²) >= 11 is 0. The molecule has 0 bridgehead atoms. The van der Waals surface area contributed by atoms with Crippen LogP contribution in [0, 0.1) is 6.92 Å². The lowest BCUT2D eigenvalue weighted by atomic mass is 10.3. The number of nitrogens with zero attached hydrogens (tertiary/aromatic N) is 4. The summed E-state index contributed by atoms with van der Waals surface area (Å²) in [6.45, 7) is 2.81. The third-order valence-corrected chi connectivity index (χ3v) is 3.17. The smallest absolute Gasteiger partial charge is 0.303 e. The van der Waals surface area contributed by atoms with Crippen molar-refractivity contribution in [1.29, 1.82) is 0 Å². The van der Waals surface area contributed by atoms with E-state index in [9.17, 15) is 9.05 Å². The molecule has 8 nitrogen and oxygen atoms in total. The maximum atomic E-state index is 13.8. The molecule has 2 N–H and O–H groups in total. The fourth-order valence-corrected chi connectivity index (χ4v) is 2.14. The molecule has 10 heteroatoms. The van der Waals surface area contributed by atoms with Crippen LogP contribution in [0.25, 0.3) is 6.08 Å². The van der Waals surface area contributed by atoms with Crippen LogP contribution >= 0.6 is 7.82 Å². The number of rotatable bonds is 3. The summed E-state index contributed by atoms with van der Waals surface area (Å²) < 4.78 is 30.3. The largest absolute Gasteiger partial charge is 0.471 e. The Balaban J connectivity index is 2.40. The van der Waals surface area contributed by atoms with Crippen LogP contribution in [0.3, 0.4) is 0 Å². The van der Waals surface area contributed by atoms with Crippen LogP contribution in [0.2, 0.25) is 0 Å². The summed E-state index contributed by atoms with van der Waals surface area (Å²) in [5, 5.41) is 1.60. The number of fused-ring (bicyclic) bond motifs is 1. The molecule has 0 spiro atoms. The van der Waals surface area contributed by atoms with Gasteiger partial charge in [0.25, 0.3) is 0 Å². The lowest BCUT2D eigenvalue weighted by Gasteiger charge is -2.31. The molecular weight excluding hydrogens is 278 g/mol. The first-order chi connectivity index (χ1) is 8.70. The molecule has 106 valence electrons. The van der Waals surface area contributed by atoms with Gasteiger partial charge in [-0.3, -0.25) is 9.09 Å². The summed E-state index contributed by atoms with van der Waals surface area (Å²) in [5.74, 6) is 0.823. The Kier molecular flexibility index (Phi) is 3.40. The molecule has 0 saturated carbocycles. The Morgan fingerprint density at radius 3 is 2.68 bits per heavy atom. The molecule has 1 aliphatic heterocycles. The number of phosphoric ester groups is 1. The fraction of sp³-hybridized carbons (Fsp3) is 0.444. The Hall–Kier alpha value is -1.41. The van der Waals surface area contributed by atoms with Gasteiger partial charge in [0, 0.05) is 7.05 Å². The molecule has 1 aliphatic rings. The number of hydrogen-bond donors (Lipinski definition) is 2. The van der Waals surface area contributed by atoms with Crippen molar-refractivity contribution in [3.8, 4) is 0 Å². The lowest BCUT2D eigenvalue weighted by molar-refractivity contribution is 0.0582. The van der Waals surface area contributed by atoms with E-state index in [-0.39, 0.29) is 0 Å². The summed E-state index contributed by atoms with van der Waals surface area (Å²) in [5.41, 5.74) is 0.872. The van der Waals surface area contributed by atoms with Crippen LogP contribution in [-0.2, 0) is 15.8 Å². The first kappa shape index (κ1) is 14.0. The summed E-state index contributed by atoms with van der Waals surface area (Å²) in [4.78, 5) is 21.6. The third kappa shape index (κ3) is 2.64. The molecule has 1 aromatic rings. The highest BCUT2D eigenvalue weighted by Gasteiger charge is 2.27. The number of halogens is 1. The molecule has 1 aromatic heterocycles. The number of aromatic nitrogens is 2. The number of anilines is 1. The van der Waals surface area contributed by atoms with Gasteiger partial charge in [0.15, 0.2) is 5.82 Å². The highest BCUT2D eigenvalue weighted by atomic mass is 31.2. The highest BCUT2D eigenvalue weighted by Crippen LogP contribution is 2.38. The molecular formula is C9H14FN4O4P. The van der Waals surface area contributed by atoms with Crippen LogP contribution in [0.5, 0.6) is 0 Å². The molecule has 0 amide bonds. The van der Waals surface area contributed by atoms with E-state index >= 15 is 0 Å². The molecule has 0 saturated heterocycles. The zero-order valence-electron chi connectivity index (χ0n) is 10.6. The van der Waals surface area contributed by atoms with E-state index in [2.05, 4.69) is 9.51 Å². The Morgan fingerprint density at radius 2 is 2.11 bits per heavy atom. The van der Waals surface area contributed by atoms with Gasteiger partial charge in [-0.25, -0.2) is 14.6 Å². The van der Waals surface area contributed by atoms with Crippen molar-refractivity contribution in [1.82, 2.24) is 14.8 Å². The van der Waals surface area contributed by atoms with Crippen LogP contribution < -0.4 is 5.01 Å². The average Bonchev–Trinajstić information content (AvgIpc) is 2.58. The summed E-state index contributed by atoms with van der Waals surface area (Å²) in [7, 11) is -3.12. The minimum Gasteiger partial charge on any atom is -0.303 e. The van der Waals surface area contributed by atoms with Gasteiger partial charge in [-0.05, 0) is 19.9 Å². The highest BCUT2D eigenvalue weighted by molar-refractivity contribution is 7.46. The SMILES string of the molecule is CC1=Cc2nc(C)n(COP(=O)(O)O)c2N(C)N1F. The van der Waals surface area contributed by atoms with Crippen molar-refractivity contribution in [3.05, 3.63) is 17.2 Å². The van der Waals surface area contributed by atoms with E-state index in [0.717, 1.165) is 0 Å². The predicted octanol–water partition coefficient (Wildman–Crippen LogP) is 1.17. The van der Waals surface area contributed by atoms with Gasteiger partial charge in [0.1, 0.15) is 18.2 Å². The topological polar surface area (TPSA) is 91.1 Å². The van der Waals surface area contributed by atoms with Gasteiger partial charge in [-0.1, -0.05) is 4.48 Å². The van der Waals surface area contributed by atoms with Crippen molar-refractivity contribution in [2.45, 2.75) is 20.6 Å². The van der Waals surface area contributed by atoms with Crippen LogP contribution in [0.1, 0.15) is 18.4 Å². The minimum atomic E-state index is -4.60. The molecule has 0 radical (unpaired) electrons. The second-order valence-electron chi connectivity index (χ2n) is 4.11. The second kappa shape index (κ2) is 4.61. The Labute approximate surface area is 108 Å². The van der Waals surface area contributed by atoms with Crippen molar-refractivity contribution in [2.24, 2.45) is 0 Å². The molecule has 0 aromatic carbocycles. The molecule has 2 heterocycles. The zero-order chi connectivity index (χ0) is 14.4. The van der Waals surface area contributed by atoms with Crippen molar-refractivity contribution in [2.75, 3.05) is 12.1 Å². The maximum absolute atomic E-state index is 13.8. The minimum absolute atomic E-state index is 0.357. The summed E-state index contributed by atoms with van der Waals surface area (Å²) in [6, 6.07) is 0. The second-order valence-corrected chi connectivity index (χ2v) is 5.35. The van der Waals surface area contributed by atoms with Gasteiger partial charge in [0.05, 0.1) is 5.70 Å². The zero-order valence-corrected chi connectivity index (χ0v) is 11.5. The molecule has 0 aliphatic carbocycles. The molecule has 0 unspecified atom stereocenters. The number of phosphoric acid groups is 1. The average molecular weight is 292 g/mol. The summed E-state index contributed by atoms with van der Waals surface area (Å²) in [6.07, 6.45) is 1.54. The van der Waals surface area contributed by atoms with Gasteiger partial charge >= 0.3 is 7.82 Å². The van der Waals surface area contributed by atoms with Gasteiger partial charge < -0.3 is 9.79 Å².